The van der Waals surface area contributed by atoms with Crippen LogP contribution in [-0.4, -0.2) is 42.3 Å². The smallest absolute Gasteiger partial charge is 0.308 e. The molecule has 0 aromatic carbocycles. The summed E-state index contributed by atoms with van der Waals surface area (Å²) < 4.78 is 13.6. The zero-order chi connectivity index (χ0) is 19.3. The third-order valence-corrected chi connectivity index (χ3v) is 6.12. The maximum absolute atomic E-state index is 13.6. The first-order valence-electron chi connectivity index (χ1n) is 9.42. The van der Waals surface area contributed by atoms with Gasteiger partial charge in [0.1, 0.15) is 17.3 Å². The van der Waals surface area contributed by atoms with E-state index in [9.17, 15) is 14.3 Å². The normalized spacial score (nSPS) is 26.5. The summed E-state index contributed by atoms with van der Waals surface area (Å²) in [4.78, 5) is 23.3. The van der Waals surface area contributed by atoms with Crippen LogP contribution < -0.4 is 5.32 Å². The standard InChI is InChI=1S/C19H19FN6O2/c20-11-5-12-13(7-22-17(12)21-6-11)18-25-14(8-23-26-18)24-16-10-3-1-9(2-4-10)15(16)19(27)28/h5-10,15-16H,1-4H2,(H,21,22)(H,27,28)(H,24,25,26)/t9?,10?,15-,16-/m0/s1. The van der Waals surface area contributed by atoms with E-state index in [4.69, 9.17) is 0 Å². The number of aromatic nitrogens is 5. The van der Waals surface area contributed by atoms with Gasteiger partial charge in [0.2, 0.25) is 0 Å². The average molecular weight is 382 g/mol. The van der Waals surface area contributed by atoms with Crippen LogP contribution in [0.15, 0.2) is 24.7 Å². The van der Waals surface area contributed by atoms with Crippen molar-refractivity contribution in [2.45, 2.75) is 31.7 Å². The quantitative estimate of drug-likeness (QED) is 0.635. The number of carbonyl (C=O) groups is 1. The number of carboxylic acids is 1. The van der Waals surface area contributed by atoms with Gasteiger partial charge in [-0.25, -0.2) is 14.4 Å². The van der Waals surface area contributed by atoms with Gasteiger partial charge in [0.25, 0.3) is 0 Å². The molecule has 3 aromatic rings. The molecule has 6 rings (SSSR count). The summed E-state index contributed by atoms with van der Waals surface area (Å²) in [6, 6.07) is 1.20. The molecule has 3 aromatic heterocycles. The lowest BCUT2D eigenvalue weighted by molar-refractivity contribution is -0.148. The molecule has 3 aliphatic rings. The van der Waals surface area contributed by atoms with Gasteiger partial charge in [-0.3, -0.25) is 4.79 Å². The van der Waals surface area contributed by atoms with E-state index >= 15 is 0 Å². The van der Waals surface area contributed by atoms with Crippen LogP contribution in [0, 0.1) is 23.6 Å². The van der Waals surface area contributed by atoms with Gasteiger partial charge >= 0.3 is 5.97 Å². The van der Waals surface area contributed by atoms with Gasteiger partial charge in [-0.2, -0.15) is 5.10 Å². The fourth-order valence-electron chi connectivity index (χ4n) is 4.83. The number of halogens is 1. The van der Waals surface area contributed by atoms with Crippen molar-refractivity contribution in [3.63, 3.8) is 0 Å². The average Bonchev–Trinajstić information content (AvgIpc) is 3.12. The first-order valence-corrected chi connectivity index (χ1v) is 9.42. The van der Waals surface area contributed by atoms with Crippen LogP contribution in [0.5, 0.6) is 0 Å². The highest BCUT2D eigenvalue weighted by Gasteiger charge is 2.47. The molecule has 0 spiro atoms. The Balaban J connectivity index is 1.47. The highest BCUT2D eigenvalue weighted by Crippen LogP contribution is 2.46. The van der Waals surface area contributed by atoms with Crippen LogP contribution in [0.3, 0.4) is 0 Å². The van der Waals surface area contributed by atoms with Gasteiger partial charge in [0.05, 0.1) is 18.3 Å². The Hall–Kier alpha value is -3.10. The number of anilines is 1. The molecule has 28 heavy (non-hydrogen) atoms. The van der Waals surface area contributed by atoms with Crippen molar-refractivity contribution in [1.29, 1.82) is 0 Å². The van der Waals surface area contributed by atoms with Crippen LogP contribution in [0.4, 0.5) is 10.2 Å². The van der Waals surface area contributed by atoms with Gasteiger partial charge in [0, 0.05) is 23.2 Å². The maximum atomic E-state index is 13.6. The fourth-order valence-corrected chi connectivity index (χ4v) is 4.83. The molecule has 9 heteroatoms. The molecule has 144 valence electrons. The minimum Gasteiger partial charge on any atom is -0.481 e. The lowest BCUT2D eigenvalue weighted by atomic mass is 9.61. The number of hydrogen-bond donors (Lipinski definition) is 3. The number of nitrogens with zero attached hydrogens (tertiary/aromatic N) is 4. The minimum absolute atomic E-state index is 0.170. The zero-order valence-corrected chi connectivity index (χ0v) is 15.0. The molecule has 3 aliphatic carbocycles. The molecule has 2 bridgehead atoms. The third-order valence-electron chi connectivity index (χ3n) is 6.12. The van der Waals surface area contributed by atoms with Crippen molar-refractivity contribution in [2.75, 3.05) is 5.32 Å². The largest absolute Gasteiger partial charge is 0.481 e. The molecule has 3 N–H and O–H groups in total. The summed E-state index contributed by atoms with van der Waals surface area (Å²) in [5, 5.41) is 21.7. The Morgan fingerprint density at radius 3 is 2.79 bits per heavy atom. The molecular formula is C19H19FN6O2. The molecule has 0 unspecified atom stereocenters. The predicted octanol–water partition coefficient (Wildman–Crippen LogP) is 2.86. The summed E-state index contributed by atoms with van der Waals surface area (Å²) in [5.74, 6) is -0.292. The zero-order valence-electron chi connectivity index (χ0n) is 15.0. The van der Waals surface area contributed by atoms with E-state index in [2.05, 4.69) is 30.5 Å². The summed E-state index contributed by atoms with van der Waals surface area (Å²) in [5.41, 5.74) is 1.13. The molecule has 3 saturated carbocycles. The Morgan fingerprint density at radius 2 is 2.00 bits per heavy atom. The highest BCUT2D eigenvalue weighted by atomic mass is 19.1. The van der Waals surface area contributed by atoms with Gasteiger partial charge in [-0.05, 0) is 43.6 Å². The SMILES string of the molecule is O=C(O)[C@H]1C2CCC(CC2)[C@@H]1Nc1cnnc(-c2c[nH]c3ncc(F)cc23)n1. The fraction of sp³-hybridized carbons (Fsp3) is 0.421. The van der Waals surface area contributed by atoms with Crippen LogP contribution in [0.2, 0.25) is 0 Å². The number of rotatable bonds is 4. The summed E-state index contributed by atoms with van der Waals surface area (Å²) >= 11 is 0. The van der Waals surface area contributed by atoms with Crippen molar-refractivity contribution in [3.05, 3.63) is 30.5 Å². The first kappa shape index (κ1) is 17.0. The van der Waals surface area contributed by atoms with Crippen molar-refractivity contribution >= 4 is 22.8 Å². The number of aliphatic carboxylic acids is 1. The van der Waals surface area contributed by atoms with Crippen molar-refractivity contribution in [2.24, 2.45) is 17.8 Å². The van der Waals surface area contributed by atoms with Crippen LogP contribution in [0.25, 0.3) is 22.4 Å². The molecule has 0 saturated heterocycles. The van der Waals surface area contributed by atoms with Gasteiger partial charge in [-0.15, -0.1) is 5.10 Å². The molecule has 0 amide bonds. The Labute approximate surface area is 159 Å². The number of aromatic amines is 1. The molecule has 3 heterocycles. The minimum atomic E-state index is -0.757. The van der Waals surface area contributed by atoms with Crippen LogP contribution >= 0.6 is 0 Å². The van der Waals surface area contributed by atoms with E-state index in [1.807, 2.05) is 0 Å². The van der Waals surface area contributed by atoms with E-state index in [0.717, 1.165) is 31.9 Å². The second-order valence-electron chi connectivity index (χ2n) is 7.63. The van der Waals surface area contributed by atoms with Crippen molar-refractivity contribution in [1.82, 2.24) is 25.1 Å². The number of nitrogens with one attached hydrogen (secondary N) is 2. The summed E-state index contributed by atoms with van der Waals surface area (Å²) in [7, 11) is 0. The van der Waals surface area contributed by atoms with E-state index in [-0.39, 0.29) is 12.0 Å². The van der Waals surface area contributed by atoms with E-state index in [0.29, 0.717) is 34.2 Å². The summed E-state index contributed by atoms with van der Waals surface area (Å²) in [6.07, 6.45) is 8.32. The van der Waals surface area contributed by atoms with Gasteiger partial charge in [0.15, 0.2) is 5.82 Å². The number of hydrogen-bond acceptors (Lipinski definition) is 6. The van der Waals surface area contributed by atoms with E-state index in [1.54, 1.807) is 6.20 Å². The number of carboxylic acid groups (broad SMARTS) is 1. The first-order chi connectivity index (χ1) is 13.6. The lowest BCUT2D eigenvalue weighted by Gasteiger charge is -2.47. The monoisotopic (exact) mass is 382 g/mol. The summed E-state index contributed by atoms with van der Waals surface area (Å²) in [6.45, 7) is 0. The lowest BCUT2D eigenvalue weighted by Crippen LogP contribution is -2.51. The van der Waals surface area contributed by atoms with Crippen molar-refractivity contribution < 1.29 is 14.3 Å². The van der Waals surface area contributed by atoms with Gasteiger partial charge < -0.3 is 15.4 Å². The molecule has 2 atom stereocenters. The number of fused-ring (bicyclic) bond motifs is 4. The highest BCUT2D eigenvalue weighted by molar-refractivity contribution is 5.91. The van der Waals surface area contributed by atoms with Gasteiger partial charge in [-0.1, -0.05) is 0 Å². The van der Waals surface area contributed by atoms with Crippen molar-refractivity contribution in [3.8, 4) is 11.4 Å². The second-order valence-corrected chi connectivity index (χ2v) is 7.63. The molecule has 0 aliphatic heterocycles. The number of pyridine rings is 1. The Bertz CT molecular complexity index is 1050. The molecule has 8 nitrogen and oxygen atoms in total. The van der Waals surface area contributed by atoms with Crippen LogP contribution in [-0.2, 0) is 4.79 Å². The Kier molecular flexibility index (Phi) is 3.96. The predicted molar refractivity (Wildman–Crippen MR) is 98.9 cm³/mol. The molecular weight excluding hydrogens is 363 g/mol. The molecule has 0 radical (unpaired) electrons. The topological polar surface area (TPSA) is 117 Å². The van der Waals surface area contributed by atoms with E-state index < -0.39 is 17.7 Å². The van der Waals surface area contributed by atoms with Crippen LogP contribution in [0.1, 0.15) is 25.7 Å². The Morgan fingerprint density at radius 1 is 1.21 bits per heavy atom. The van der Waals surface area contributed by atoms with E-state index in [1.165, 1.54) is 12.3 Å². The number of H-pyrrole nitrogens is 1. The third kappa shape index (κ3) is 2.78. The maximum Gasteiger partial charge on any atom is 0.308 e. The molecule has 3 fully saturated rings. The second kappa shape index (κ2) is 6.50.